The van der Waals surface area contributed by atoms with E-state index in [2.05, 4.69) is 15.3 Å². The largest absolute Gasteiger partial charge is 0.361 e. The maximum atomic E-state index is 10.7. The van der Waals surface area contributed by atoms with E-state index in [4.69, 9.17) is 11.6 Å². The third-order valence-corrected chi connectivity index (χ3v) is 2.68. The summed E-state index contributed by atoms with van der Waals surface area (Å²) >= 11 is 5.64. The Morgan fingerprint density at radius 3 is 2.80 bits per heavy atom. The van der Waals surface area contributed by atoms with Gasteiger partial charge in [-0.25, -0.2) is 9.97 Å². The molecule has 1 fully saturated rings. The van der Waals surface area contributed by atoms with Crippen LogP contribution in [0.25, 0.3) is 0 Å². The summed E-state index contributed by atoms with van der Waals surface area (Å²) < 4.78 is 0. The standard InChI is InChI=1S/C8H9ClN4O2/c9-7-6(13(14)15)8(11-4-10-7)12-5-2-1-3-5/h4-5H,1-3H2,(H,10,11,12). The first-order chi connectivity index (χ1) is 7.18. The molecule has 0 unspecified atom stereocenters. The predicted octanol–water partition coefficient (Wildman–Crippen LogP) is 2.00. The van der Waals surface area contributed by atoms with Crippen molar-refractivity contribution in [2.75, 3.05) is 5.32 Å². The molecule has 0 aromatic carbocycles. The van der Waals surface area contributed by atoms with E-state index in [1.54, 1.807) is 0 Å². The molecular formula is C8H9ClN4O2. The highest BCUT2D eigenvalue weighted by molar-refractivity contribution is 6.31. The lowest BCUT2D eigenvalue weighted by Gasteiger charge is -2.26. The number of nitrogens with one attached hydrogen (secondary N) is 1. The van der Waals surface area contributed by atoms with Crippen molar-refractivity contribution in [3.05, 3.63) is 21.6 Å². The molecule has 7 heteroatoms. The molecule has 80 valence electrons. The Morgan fingerprint density at radius 1 is 1.53 bits per heavy atom. The molecule has 1 aromatic rings. The fourth-order valence-corrected chi connectivity index (χ4v) is 1.57. The second-order valence-corrected chi connectivity index (χ2v) is 3.75. The van der Waals surface area contributed by atoms with Crippen LogP contribution in [-0.4, -0.2) is 20.9 Å². The summed E-state index contributed by atoms with van der Waals surface area (Å²) in [6.45, 7) is 0. The lowest BCUT2D eigenvalue weighted by molar-refractivity contribution is -0.384. The Balaban J connectivity index is 2.27. The Morgan fingerprint density at radius 2 is 2.27 bits per heavy atom. The van der Waals surface area contributed by atoms with Crippen LogP contribution in [-0.2, 0) is 0 Å². The van der Waals surface area contributed by atoms with E-state index in [1.165, 1.54) is 6.33 Å². The highest BCUT2D eigenvalue weighted by atomic mass is 35.5. The van der Waals surface area contributed by atoms with E-state index in [0.29, 0.717) is 0 Å². The molecule has 1 aromatic heterocycles. The van der Waals surface area contributed by atoms with Crippen molar-refractivity contribution >= 4 is 23.1 Å². The number of rotatable bonds is 3. The molecule has 2 rings (SSSR count). The van der Waals surface area contributed by atoms with Crippen LogP contribution in [0.5, 0.6) is 0 Å². The molecule has 0 atom stereocenters. The fourth-order valence-electron chi connectivity index (χ4n) is 1.37. The van der Waals surface area contributed by atoms with Crippen molar-refractivity contribution in [1.29, 1.82) is 0 Å². The van der Waals surface area contributed by atoms with Crippen molar-refractivity contribution in [2.45, 2.75) is 25.3 Å². The van der Waals surface area contributed by atoms with Crippen LogP contribution in [0, 0.1) is 10.1 Å². The number of nitro groups is 1. The van der Waals surface area contributed by atoms with Gasteiger partial charge in [-0.05, 0) is 19.3 Å². The van der Waals surface area contributed by atoms with Gasteiger partial charge in [0.05, 0.1) is 4.92 Å². The van der Waals surface area contributed by atoms with Crippen LogP contribution in [0.15, 0.2) is 6.33 Å². The minimum atomic E-state index is -0.566. The molecule has 1 aliphatic rings. The van der Waals surface area contributed by atoms with Gasteiger partial charge in [0.25, 0.3) is 0 Å². The SMILES string of the molecule is O=[N+]([O-])c1c(Cl)ncnc1NC1CCC1. The van der Waals surface area contributed by atoms with Crippen molar-refractivity contribution < 1.29 is 4.92 Å². The normalized spacial score (nSPS) is 15.8. The van der Waals surface area contributed by atoms with Crippen LogP contribution in [0.4, 0.5) is 11.5 Å². The molecule has 1 heterocycles. The minimum absolute atomic E-state index is 0.128. The van der Waals surface area contributed by atoms with Crippen molar-refractivity contribution in [1.82, 2.24) is 9.97 Å². The fraction of sp³-hybridized carbons (Fsp3) is 0.500. The quantitative estimate of drug-likeness (QED) is 0.486. The molecule has 15 heavy (non-hydrogen) atoms. The monoisotopic (exact) mass is 228 g/mol. The highest BCUT2D eigenvalue weighted by Gasteiger charge is 2.25. The zero-order valence-electron chi connectivity index (χ0n) is 7.81. The second kappa shape index (κ2) is 3.98. The molecule has 1 saturated carbocycles. The average molecular weight is 229 g/mol. The van der Waals surface area contributed by atoms with Crippen LogP contribution >= 0.6 is 11.6 Å². The van der Waals surface area contributed by atoms with Gasteiger partial charge in [-0.15, -0.1) is 0 Å². The smallest absolute Gasteiger partial charge is 0.348 e. The van der Waals surface area contributed by atoms with Crippen LogP contribution in [0.1, 0.15) is 19.3 Å². The maximum Gasteiger partial charge on any atom is 0.348 e. The number of anilines is 1. The van der Waals surface area contributed by atoms with Gasteiger partial charge >= 0.3 is 5.69 Å². The molecule has 1 N–H and O–H groups in total. The summed E-state index contributed by atoms with van der Waals surface area (Å²) in [5, 5.41) is 13.6. The zero-order chi connectivity index (χ0) is 10.8. The van der Waals surface area contributed by atoms with Crippen LogP contribution < -0.4 is 5.32 Å². The second-order valence-electron chi connectivity index (χ2n) is 3.39. The van der Waals surface area contributed by atoms with Gasteiger partial charge in [0, 0.05) is 6.04 Å². The van der Waals surface area contributed by atoms with E-state index in [0.717, 1.165) is 19.3 Å². The first kappa shape index (κ1) is 10.1. The van der Waals surface area contributed by atoms with Gasteiger partial charge in [-0.3, -0.25) is 10.1 Å². The third kappa shape index (κ3) is 1.99. The maximum absolute atomic E-state index is 10.7. The molecule has 0 bridgehead atoms. The summed E-state index contributed by atoms with van der Waals surface area (Å²) in [4.78, 5) is 17.6. The Kier molecular flexibility index (Phi) is 2.68. The van der Waals surface area contributed by atoms with E-state index in [9.17, 15) is 10.1 Å². The minimum Gasteiger partial charge on any atom is -0.361 e. The summed E-state index contributed by atoms with van der Waals surface area (Å²) in [7, 11) is 0. The van der Waals surface area contributed by atoms with Gasteiger partial charge in [-0.1, -0.05) is 11.6 Å². The van der Waals surface area contributed by atoms with Crippen LogP contribution in [0.2, 0.25) is 5.15 Å². The first-order valence-electron chi connectivity index (χ1n) is 4.60. The summed E-state index contributed by atoms with van der Waals surface area (Å²) in [6.07, 6.45) is 4.39. The van der Waals surface area contributed by atoms with Crippen molar-refractivity contribution in [3.8, 4) is 0 Å². The molecule has 0 saturated heterocycles. The van der Waals surface area contributed by atoms with Gasteiger partial charge in [0.1, 0.15) is 6.33 Å². The van der Waals surface area contributed by atoms with Crippen LogP contribution in [0.3, 0.4) is 0 Å². The first-order valence-corrected chi connectivity index (χ1v) is 4.97. The number of hydrogen-bond donors (Lipinski definition) is 1. The molecule has 0 amide bonds. The van der Waals surface area contributed by atoms with E-state index >= 15 is 0 Å². The van der Waals surface area contributed by atoms with Gasteiger partial charge < -0.3 is 5.32 Å². The van der Waals surface area contributed by atoms with Gasteiger partial charge in [0.15, 0.2) is 0 Å². The molecule has 6 nitrogen and oxygen atoms in total. The summed E-state index contributed by atoms with van der Waals surface area (Å²) in [6, 6.07) is 0.273. The van der Waals surface area contributed by atoms with E-state index in [-0.39, 0.29) is 22.7 Å². The van der Waals surface area contributed by atoms with E-state index in [1.807, 2.05) is 0 Å². The lowest BCUT2D eigenvalue weighted by atomic mass is 9.93. The Bertz CT molecular complexity index is 394. The third-order valence-electron chi connectivity index (χ3n) is 2.41. The zero-order valence-corrected chi connectivity index (χ0v) is 8.57. The number of halogens is 1. The average Bonchev–Trinajstić information content (AvgIpc) is 2.10. The Hall–Kier alpha value is -1.43. The molecule has 0 aliphatic heterocycles. The molecule has 0 spiro atoms. The number of nitrogens with zero attached hydrogens (tertiary/aromatic N) is 3. The highest BCUT2D eigenvalue weighted by Crippen LogP contribution is 2.31. The molecular weight excluding hydrogens is 220 g/mol. The molecule has 1 aliphatic carbocycles. The molecule has 0 radical (unpaired) electrons. The topological polar surface area (TPSA) is 81.0 Å². The van der Waals surface area contributed by atoms with Crippen molar-refractivity contribution in [3.63, 3.8) is 0 Å². The predicted molar refractivity (Wildman–Crippen MR) is 55.0 cm³/mol. The summed E-state index contributed by atoms with van der Waals surface area (Å²) in [5.41, 5.74) is -0.244. The lowest BCUT2D eigenvalue weighted by Crippen LogP contribution is -2.28. The van der Waals surface area contributed by atoms with Gasteiger partial charge in [-0.2, -0.15) is 0 Å². The number of hydrogen-bond acceptors (Lipinski definition) is 5. The van der Waals surface area contributed by atoms with Crippen molar-refractivity contribution in [2.24, 2.45) is 0 Å². The van der Waals surface area contributed by atoms with Gasteiger partial charge in [0.2, 0.25) is 11.0 Å². The number of aromatic nitrogens is 2. The summed E-state index contributed by atoms with van der Waals surface area (Å²) in [5.74, 6) is 0.213. The van der Waals surface area contributed by atoms with E-state index < -0.39 is 4.92 Å². The Labute approximate surface area is 90.8 Å².